The first-order chi connectivity index (χ1) is 9.10. The van der Waals surface area contributed by atoms with Gasteiger partial charge in [-0.1, -0.05) is 30.7 Å². The number of guanidine groups is 1. The van der Waals surface area contributed by atoms with E-state index in [9.17, 15) is 0 Å². The van der Waals surface area contributed by atoms with E-state index in [4.69, 9.17) is 11.6 Å². The first-order valence-corrected chi connectivity index (χ1v) is 7.24. The molecular weight excluding hydrogens is 385 g/mol. The van der Waals surface area contributed by atoms with Gasteiger partial charge in [0.2, 0.25) is 0 Å². The maximum absolute atomic E-state index is 6.02. The summed E-state index contributed by atoms with van der Waals surface area (Å²) in [6.45, 7) is 5.93. The van der Waals surface area contributed by atoms with Gasteiger partial charge in [0.15, 0.2) is 5.96 Å². The van der Waals surface area contributed by atoms with Gasteiger partial charge < -0.3 is 10.2 Å². The van der Waals surface area contributed by atoms with Crippen LogP contribution in [0.15, 0.2) is 29.3 Å². The Morgan fingerprint density at radius 1 is 1.50 bits per heavy atom. The SMILES string of the molecule is CCN=C(NC1CC1C)N(C)Cc1cccc(Cl)c1.I. The topological polar surface area (TPSA) is 27.6 Å². The molecule has 1 N–H and O–H groups in total. The van der Waals surface area contributed by atoms with Crippen molar-refractivity contribution in [3.8, 4) is 0 Å². The van der Waals surface area contributed by atoms with Crippen LogP contribution in [0.4, 0.5) is 0 Å². The molecule has 0 heterocycles. The van der Waals surface area contributed by atoms with Crippen molar-refractivity contribution in [2.75, 3.05) is 13.6 Å². The number of nitrogens with zero attached hydrogens (tertiary/aromatic N) is 2. The van der Waals surface area contributed by atoms with Crippen molar-refractivity contribution >= 4 is 41.5 Å². The summed E-state index contributed by atoms with van der Waals surface area (Å²) in [7, 11) is 2.06. The summed E-state index contributed by atoms with van der Waals surface area (Å²) in [6, 6.07) is 8.56. The van der Waals surface area contributed by atoms with Crippen LogP contribution in [0.25, 0.3) is 0 Å². The van der Waals surface area contributed by atoms with Crippen molar-refractivity contribution in [3.05, 3.63) is 34.9 Å². The maximum Gasteiger partial charge on any atom is 0.194 e. The molecule has 2 atom stereocenters. The summed E-state index contributed by atoms with van der Waals surface area (Å²) in [5.74, 6) is 1.75. The molecule has 1 fully saturated rings. The number of benzene rings is 1. The third-order valence-electron chi connectivity index (χ3n) is 3.40. The van der Waals surface area contributed by atoms with E-state index in [1.165, 1.54) is 12.0 Å². The fourth-order valence-electron chi connectivity index (χ4n) is 2.10. The monoisotopic (exact) mass is 407 g/mol. The third kappa shape index (κ3) is 5.13. The number of nitrogens with one attached hydrogen (secondary N) is 1. The zero-order chi connectivity index (χ0) is 13.8. The molecule has 5 heteroatoms. The fraction of sp³-hybridized carbons (Fsp3) is 0.533. The molecule has 0 radical (unpaired) electrons. The van der Waals surface area contributed by atoms with Crippen molar-refractivity contribution in [1.82, 2.24) is 10.2 Å². The van der Waals surface area contributed by atoms with E-state index >= 15 is 0 Å². The lowest BCUT2D eigenvalue weighted by Gasteiger charge is -2.22. The second-order valence-corrected chi connectivity index (χ2v) is 5.68. The molecule has 3 nitrogen and oxygen atoms in total. The van der Waals surface area contributed by atoms with Gasteiger partial charge >= 0.3 is 0 Å². The fourth-order valence-corrected chi connectivity index (χ4v) is 2.31. The molecular formula is C15H23ClIN3. The van der Waals surface area contributed by atoms with Gasteiger partial charge in [0, 0.05) is 31.2 Å². The van der Waals surface area contributed by atoms with E-state index in [1.807, 2.05) is 18.2 Å². The number of hydrogen-bond donors (Lipinski definition) is 1. The van der Waals surface area contributed by atoms with Crippen LogP contribution in [0.1, 0.15) is 25.8 Å². The highest BCUT2D eigenvalue weighted by molar-refractivity contribution is 14.0. The van der Waals surface area contributed by atoms with Crippen molar-refractivity contribution < 1.29 is 0 Å². The lowest BCUT2D eigenvalue weighted by molar-refractivity contribution is 0.473. The average molecular weight is 408 g/mol. The van der Waals surface area contributed by atoms with Gasteiger partial charge in [0.05, 0.1) is 0 Å². The van der Waals surface area contributed by atoms with Gasteiger partial charge in [-0.15, -0.1) is 24.0 Å². The molecule has 1 saturated carbocycles. The summed E-state index contributed by atoms with van der Waals surface area (Å²) < 4.78 is 0. The standard InChI is InChI=1S/C15H22ClN3.HI/c1-4-17-15(18-14-8-11(14)2)19(3)10-12-6-5-7-13(16)9-12;/h5-7,9,11,14H,4,8,10H2,1-3H3,(H,17,18);1H. The highest BCUT2D eigenvalue weighted by atomic mass is 127. The summed E-state index contributed by atoms with van der Waals surface area (Å²) in [4.78, 5) is 6.71. The summed E-state index contributed by atoms with van der Waals surface area (Å²) in [5, 5.41) is 4.30. The highest BCUT2D eigenvalue weighted by Crippen LogP contribution is 2.29. The van der Waals surface area contributed by atoms with Gasteiger partial charge in [0.1, 0.15) is 0 Å². The zero-order valence-electron chi connectivity index (χ0n) is 12.3. The quantitative estimate of drug-likeness (QED) is 0.467. The second-order valence-electron chi connectivity index (χ2n) is 5.25. The Labute approximate surface area is 143 Å². The molecule has 0 bridgehead atoms. The van der Waals surface area contributed by atoms with Crippen LogP contribution in [0, 0.1) is 5.92 Å². The Morgan fingerprint density at radius 3 is 2.75 bits per heavy atom. The van der Waals surface area contributed by atoms with Crippen LogP contribution >= 0.6 is 35.6 Å². The second kappa shape index (κ2) is 8.08. The first-order valence-electron chi connectivity index (χ1n) is 6.86. The molecule has 0 saturated heterocycles. The predicted octanol–water partition coefficient (Wildman–Crippen LogP) is 3.76. The molecule has 0 aliphatic heterocycles. The van der Waals surface area contributed by atoms with E-state index in [-0.39, 0.29) is 24.0 Å². The predicted molar refractivity (Wildman–Crippen MR) is 97.0 cm³/mol. The van der Waals surface area contributed by atoms with Gasteiger partial charge in [-0.3, -0.25) is 4.99 Å². The first kappa shape index (κ1) is 17.6. The van der Waals surface area contributed by atoms with Gasteiger partial charge in [-0.05, 0) is 37.0 Å². The Kier molecular flexibility index (Phi) is 7.09. The normalized spacial score (nSPS) is 21.1. The number of hydrogen-bond acceptors (Lipinski definition) is 1. The lowest BCUT2D eigenvalue weighted by atomic mass is 10.2. The van der Waals surface area contributed by atoms with Gasteiger partial charge in [-0.2, -0.15) is 0 Å². The number of halogens is 2. The minimum Gasteiger partial charge on any atom is -0.353 e. The van der Waals surface area contributed by atoms with Crippen molar-refractivity contribution in [2.45, 2.75) is 32.9 Å². The smallest absolute Gasteiger partial charge is 0.194 e. The summed E-state index contributed by atoms with van der Waals surface area (Å²) >= 11 is 6.02. The number of rotatable bonds is 4. The molecule has 2 unspecified atom stereocenters. The average Bonchev–Trinajstić information content (AvgIpc) is 3.04. The van der Waals surface area contributed by atoms with E-state index in [1.54, 1.807) is 0 Å². The molecule has 1 aromatic rings. The van der Waals surface area contributed by atoms with E-state index < -0.39 is 0 Å². The van der Waals surface area contributed by atoms with Crippen LogP contribution < -0.4 is 5.32 Å². The van der Waals surface area contributed by atoms with Crippen LogP contribution in [-0.2, 0) is 6.54 Å². The molecule has 2 rings (SSSR count). The molecule has 0 aromatic heterocycles. The van der Waals surface area contributed by atoms with E-state index in [0.717, 1.165) is 30.0 Å². The molecule has 0 spiro atoms. The van der Waals surface area contributed by atoms with E-state index in [2.05, 4.69) is 42.2 Å². The van der Waals surface area contributed by atoms with Crippen molar-refractivity contribution in [2.24, 2.45) is 10.9 Å². The number of aliphatic imine (C=N–C) groups is 1. The van der Waals surface area contributed by atoms with Crippen LogP contribution in [0.5, 0.6) is 0 Å². The van der Waals surface area contributed by atoms with Crippen LogP contribution in [-0.4, -0.2) is 30.5 Å². The Hall–Kier alpha value is -0.490. The van der Waals surface area contributed by atoms with Gasteiger partial charge in [-0.25, -0.2) is 0 Å². The molecule has 1 aliphatic rings. The van der Waals surface area contributed by atoms with Gasteiger partial charge in [0.25, 0.3) is 0 Å². The molecule has 0 amide bonds. The van der Waals surface area contributed by atoms with Crippen LogP contribution in [0.3, 0.4) is 0 Å². The third-order valence-corrected chi connectivity index (χ3v) is 3.64. The largest absolute Gasteiger partial charge is 0.353 e. The van der Waals surface area contributed by atoms with E-state index in [0.29, 0.717) is 6.04 Å². The molecule has 112 valence electrons. The lowest BCUT2D eigenvalue weighted by Crippen LogP contribution is -2.40. The zero-order valence-corrected chi connectivity index (χ0v) is 15.4. The van der Waals surface area contributed by atoms with Crippen molar-refractivity contribution in [3.63, 3.8) is 0 Å². The molecule has 1 aromatic carbocycles. The summed E-state index contributed by atoms with van der Waals surface area (Å²) in [5.41, 5.74) is 1.20. The van der Waals surface area contributed by atoms with Crippen molar-refractivity contribution in [1.29, 1.82) is 0 Å². The Balaban J connectivity index is 0.00000200. The summed E-state index contributed by atoms with van der Waals surface area (Å²) in [6.07, 6.45) is 1.24. The van der Waals surface area contributed by atoms with Crippen LogP contribution in [0.2, 0.25) is 5.02 Å². The minimum atomic E-state index is 0. The Morgan fingerprint density at radius 2 is 2.20 bits per heavy atom. The molecule has 1 aliphatic carbocycles. The minimum absolute atomic E-state index is 0. The Bertz CT molecular complexity index is 464. The molecule has 20 heavy (non-hydrogen) atoms. The maximum atomic E-state index is 6.02. The highest BCUT2D eigenvalue weighted by Gasteiger charge is 2.33.